The summed E-state index contributed by atoms with van der Waals surface area (Å²) in [6.45, 7) is 5.27. The number of rotatable bonds is 6. The maximum absolute atomic E-state index is 13.7. The summed E-state index contributed by atoms with van der Waals surface area (Å²) in [7, 11) is 0. The van der Waals surface area contributed by atoms with Crippen LogP contribution in [-0.4, -0.2) is 32.9 Å². The van der Waals surface area contributed by atoms with Gasteiger partial charge in [-0.2, -0.15) is 0 Å². The Kier molecular flexibility index (Phi) is 6.84. The number of benzene rings is 1. The van der Waals surface area contributed by atoms with E-state index in [0.29, 0.717) is 25.1 Å². The third kappa shape index (κ3) is 4.82. The molecule has 1 fully saturated rings. The summed E-state index contributed by atoms with van der Waals surface area (Å²) in [6.07, 6.45) is 6.27. The summed E-state index contributed by atoms with van der Waals surface area (Å²) in [5, 5.41) is 0. The Labute approximate surface area is 189 Å². The minimum Gasteiger partial charge on any atom is -0.342 e. The van der Waals surface area contributed by atoms with E-state index < -0.39 is 0 Å². The lowest BCUT2D eigenvalue weighted by molar-refractivity contribution is 0.0632. The van der Waals surface area contributed by atoms with E-state index in [0.717, 1.165) is 42.8 Å². The van der Waals surface area contributed by atoms with Crippen LogP contribution >= 0.6 is 0 Å². The van der Waals surface area contributed by atoms with E-state index in [4.69, 9.17) is 0 Å². The third-order valence-corrected chi connectivity index (χ3v) is 6.44. The SMILES string of the molecule is Cc1cc(=O)c(C(=O)N2CCCCC2C)c(CCc2ccccc2)n1Cc1ccccn1. The Balaban J connectivity index is 1.78. The molecule has 1 unspecified atom stereocenters. The maximum Gasteiger partial charge on any atom is 0.259 e. The highest BCUT2D eigenvalue weighted by atomic mass is 16.2. The molecule has 166 valence electrons. The van der Waals surface area contributed by atoms with Gasteiger partial charge >= 0.3 is 0 Å². The lowest BCUT2D eigenvalue weighted by Gasteiger charge is -2.34. The molecule has 3 heterocycles. The van der Waals surface area contributed by atoms with Crippen LogP contribution in [-0.2, 0) is 19.4 Å². The zero-order chi connectivity index (χ0) is 22.5. The first kappa shape index (κ1) is 22.0. The van der Waals surface area contributed by atoms with Gasteiger partial charge in [0.2, 0.25) is 0 Å². The van der Waals surface area contributed by atoms with E-state index in [1.165, 1.54) is 5.56 Å². The van der Waals surface area contributed by atoms with Crippen LogP contribution in [0.5, 0.6) is 0 Å². The fourth-order valence-corrected chi connectivity index (χ4v) is 4.64. The van der Waals surface area contributed by atoms with Crippen molar-refractivity contribution >= 4 is 5.91 Å². The first-order valence-corrected chi connectivity index (χ1v) is 11.5. The summed E-state index contributed by atoms with van der Waals surface area (Å²) in [4.78, 5) is 33.2. The van der Waals surface area contributed by atoms with Crippen molar-refractivity contribution in [3.05, 3.63) is 99.2 Å². The normalized spacial score (nSPS) is 16.2. The summed E-state index contributed by atoms with van der Waals surface area (Å²) < 4.78 is 2.11. The number of nitrogens with zero attached hydrogens (tertiary/aromatic N) is 3. The molecule has 0 N–H and O–H groups in total. The molecule has 32 heavy (non-hydrogen) atoms. The molecule has 3 aromatic rings. The molecule has 5 nitrogen and oxygen atoms in total. The molecule has 0 radical (unpaired) electrons. The second-order valence-electron chi connectivity index (χ2n) is 8.71. The van der Waals surface area contributed by atoms with Crippen molar-refractivity contribution in [2.24, 2.45) is 0 Å². The number of hydrogen-bond donors (Lipinski definition) is 0. The molecule has 4 rings (SSSR count). The predicted molar refractivity (Wildman–Crippen MR) is 127 cm³/mol. The monoisotopic (exact) mass is 429 g/mol. The molecule has 1 aliphatic heterocycles. The zero-order valence-electron chi connectivity index (χ0n) is 19.0. The molecular weight excluding hydrogens is 398 g/mol. The van der Waals surface area contributed by atoms with E-state index >= 15 is 0 Å². The van der Waals surface area contributed by atoms with Crippen molar-refractivity contribution in [3.8, 4) is 0 Å². The van der Waals surface area contributed by atoms with E-state index in [2.05, 4.69) is 28.6 Å². The van der Waals surface area contributed by atoms with Crippen LogP contribution in [0.25, 0.3) is 0 Å². The van der Waals surface area contributed by atoms with Crippen LogP contribution in [0, 0.1) is 6.92 Å². The van der Waals surface area contributed by atoms with Crippen LogP contribution < -0.4 is 5.43 Å². The molecule has 1 atom stereocenters. The molecule has 5 heteroatoms. The molecule has 0 saturated carbocycles. The number of carbonyl (C=O) groups excluding carboxylic acids is 1. The van der Waals surface area contributed by atoms with Crippen LogP contribution in [0.3, 0.4) is 0 Å². The molecule has 2 aromatic heterocycles. The van der Waals surface area contributed by atoms with Crippen molar-refractivity contribution in [1.82, 2.24) is 14.5 Å². The van der Waals surface area contributed by atoms with Gasteiger partial charge < -0.3 is 9.47 Å². The van der Waals surface area contributed by atoms with Gasteiger partial charge in [0.25, 0.3) is 5.91 Å². The number of pyridine rings is 2. The van der Waals surface area contributed by atoms with Gasteiger partial charge in [-0.15, -0.1) is 0 Å². The molecule has 0 spiro atoms. The highest BCUT2D eigenvalue weighted by Crippen LogP contribution is 2.22. The Bertz CT molecular complexity index is 1120. The summed E-state index contributed by atoms with van der Waals surface area (Å²) in [6, 6.07) is 17.8. The van der Waals surface area contributed by atoms with Gasteiger partial charge in [-0.25, -0.2) is 0 Å². The Hall–Kier alpha value is -3.21. The Morgan fingerprint density at radius 3 is 2.56 bits per heavy atom. The first-order chi connectivity index (χ1) is 15.5. The number of likely N-dealkylation sites (tertiary alicyclic amines) is 1. The summed E-state index contributed by atoms with van der Waals surface area (Å²) in [5.41, 5.74) is 3.92. The minimum atomic E-state index is -0.175. The number of aryl methyl sites for hydroxylation is 2. The lowest BCUT2D eigenvalue weighted by atomic mass is 9.98. The molecular formula is C27H31N3O2. The lowest BCUT2D eigenvalue weighted by Crippen LogP contribution is -2.44. The average molecular weight is 430 g/mol. The van der Waals surface area contributed by atoms with Crippen LogP contribution in [0.2, 0.25) is 0 Å². The standard InChI is InChI=1S/C27H31N3O2/c1-20-10-7-9-17-29(20)27(32)26-24(15-14-22-11-4-3-5-12-22)30(21(2)18-25(26)31)19-23-13-6-8-16-28-23/h3-6,8,11-13,16,18,20H,7,9-10,14-15,17,19H2,1-2H3. The van der Waals surface area contributed by atoms with Crippen molar-refractivity contribution in [2.75, 3.05) is 6.54 Å². The van der Waals surface area contributed by atoms with E-state index in [-0.39, 0.29) is 17.4 Å². The van der Waals surface area contributed by atoms with Gasteiger partial charge in [0, 0.05) is 36.2 Å². The zero-order valence-corrected chi connectivity index (χ0v) is 19.0. The smallest absolute Gasteiger partial charge is 0.259 e. The molecule has 1 aromatic carbocycles. The summed E-state index contributed by atoms with van der Waals surface area (Å²) in [5.74, 6) is -0.125. The van der Waals surface area contributed by atoms with Gasteiger partial charge in [0.05, 0.1) is 12.2 Å². The largest absolute Gasteiger partial charge is 0.342 e. The summed E-state index contributed by atoms with van der Waals surface area (Å²) >= 11 is 0. The maximum atomic E-state index is 13.7. The van der Waals surface area contributed by atoms with Gasteiger partial charge in [0.15, 0.2) is 5.43 Å². The van der Waals surface area contributed by atoms with E-state index in [9.17, 15) is 9.59 Å². The fourth-order valence-electron chi connectivity index (χ4n) is 4.64. The Morgan fingerprint density at radius 2 is 1.84 bits per heavy atom. The average Bonchev–Trinajstić information content (AvgIpc) is 2.81. The van der Waals surface area contributed by atoms with Crippen LogP contribution in [0.1, 0.15) is 59.2 Å². The number of hydrogen-bond acceptors (Lipinski definition) is 3. The van der Waals surface area contributed by atoms with Gasteiger partial charge in [-0.05, 0) is 63.6 Å². The predicted octanol–water partition coefficient (Wildman–Crippen LogP) is 4.40. The second-order valence-corrected chi connectivity index (χ2v) is 8.71. The molecule has 1 aliphatic rings. The second kappa shape index (κ2) is 9.94. The first-order valence-electron chi connectivity index (χ1n) is 11.5. The van der Waals surface area contributed by atoms with Crippen molar-refractivity contribution in [3.63, 3.8) is 0 Å². The van der Waals surface area contributed by atoms with Gasteiger partial charge in [0.1, 0.15) is 5.56 Å². The molecule has 0 aliphatic carbocycles. The van der Waals surface area contributed by atoms with Crippen LogP contribution in [0.4, 0.5) is 0 Å². The van der Waals surface area contributed by atoms with Crippen molar-refractivity contribution < 1.29 is 4.79 Å². The number of amides is 1. The van der Waals surface area contributed by atoms with Crippen molar-refractivity contribution in [2.45, 2.75) is 58.5 Å². The number of piperidine rings is 1. The van der Waals surface area contributed by atoms with Gasteiger partial charge in [-0.1, -0.05) is 36.4 Å². The highest BCUT2D eigenvalue weighted by molar-refractivity contribution is 5.95. The third-order valence-electron chi connectivity index (χ3n) is 6.44. The fraction of sp³-hybridized carbons (Fsp3) is 0.370. The number of carbonyl (C=O) groups is 1. The van der Waals surface area contributed by atoms with E-state index in [1.807, 2.05) is 48.2 Å². The Morgan fingerprint density at radius 1 is 1.06 bits per heavy atom. The number of aromatic nitrogens is 2. The molecule has 1 saturated heterocycles. The minimum absolute atomic E-state index is 0.125. The van der Waals surface area contributed by atoms with Crippen LogP contribution in [0.15, 0.2) is 65.6 Å². The van der Waals surface area contributed by atoms with Crippen molar-refractivity contribution in [1.29, 1.82) is 0 Å². The quantitative estimate of drug-likeness (QED) is 0.584. The molecule has 0 bridgehead atoms. The molecule has 1 amide bonds. The van der Waals surface area contributed by atoms with E-state index in [1.54, 1.807) is 12.3 Å². The topological polar surface area (TPSA) is 55.2 Å². The van der Waals surface area contributed by atoms with Gasteiger partial charge in [-0.3, -0.25) is 14.6 Å². The highest BCUT2D eigenvalue weighted by Gasteiger charge is 2.29.